The summed E-state index contributed by atoms with van der Waals surface area (Å²) < 4.78 is 11.4. The Balaban J connectivity index is 1.95. The van der Waals surface area contributed by atoms with Crippen LogP contribution in [-0.2, 0) is 16.6 Å². The van der Waals surface area contributed by atoms with Crippen molar-refractivity contribution in [3.05, 3.63) is 58.0 Å². The maximum Gasteiger partial charge on any atom is 0.342 e. The summed E-state index contributed by atoms with van der Waals surface area (Å²) in [7, 11) is 1.50. The van der Waals surface area contributed by atoms with Gasteiger partial charge in [-0.3, -0.25) is 9.59 Å². The number of hydrogen-bond donors (Lipinski definition) is 0. The zero-order valence-electron chi connectivity index (χ0n) is 14.2. The Morgan fingerprint density at radius 3 is 2.54 bits per heavy atom. The number of benzene rings is 1. The van der Waals surface area contributed by atoms with Crippen LogP contribution < -0.4 is 4.74 Å². The number of carbonyl (C=O) groups excluding carboxylic acids is 2. The molecule has 0 bridgehead atoms. The van der Waals surface area contributed by atoms with Gasteiger partial charge in [0.15, 0.2) is 5.78 Å². The van der Waals surface area contributed by atoms with E-state index in [2.05, 4.69) is 4.98 Å². The molecule has 1 aromatic heterocycles. The van der Waals surface area contributed by atoms with Gasteiger partial charge in [0.2, 0.25) is 5.82 Å². The quantitative estimate of drug-likeness (QED) is 0.177. The molecular weight excluding hydrogens is 342 g/mol. The molecule has 136 valence electrons. The number of ketones is 1. The lowest BCUT2D eigenvalue weighted by Crippen LogP contribution is -2.09. The van der Waals surface area contributed by atoms with Gasteiger partial charge in [0.05, 0.1) is 7.05 Å². The Morgan fingerprint density at radius 2 is 1.96 bits per heavy atom. The summed E-state index contributed by atoms with van der Waals surface area (Å²) in [5.41, 5.74) is 0.428. The fourth-order valence-electron chi connectivity index (χ4n) is 2.05. The summed E-state index contributed by atoms with van der Waals surface area (Å²) in [6.07, 6.45) is 3.84. The van der Waals surface area contributed by atoms with Gasteiger partial charge in [-0.2, -0.15) is 0 Å². The van der Waals surface area contributed by atoms with Gasteiger partial charge in [-0.15, -0.1) is 0 Å². The molecule has 0 amide bonds. The molecular formula is C17H17N3O6. The van der Waals surface area contributed by atoms with Crippen LogP contribution in [0.3, 0.4) is 0 Å². The number of nitrogens with zero attached hydrogens (tertiary/aromatic N) is 3. The van der Waals surface area contributed by atoms with E-state index in [1.807, 2.05) is 0 Å². The Morgan fingerprint density at radius 1 is 1.27 bits per heavy atom. The highest BCUT2D eigenvalue weighted by Gasteiger charge is 2.14. The maximum absolute atomic E-state index is 12.2. The lowest BCUT2D eigenvalue weighted by molar-refractivity contribution is -0.391. The molecule has 0 saturated heterocycles. The number of esters is 1. The minimum absolute atomic E-state index is 0.147. The minimum atomic E-state index is -0.549. The molecule has 0 fully saturated rings. The van der Waals surface area contributed by atoms with Gasteiger partial charge in [0.25, 0.3) is 0 Å². The van der Waals surface area contributed by atoms with Gasteiger partial charge < -0.3 is 19.6 Å². The second-order valence-electron chi connectivity index (χ2n) is 5.20. The third kappa shape index (κ3) is 5.00. The molecule has 0 atom stereocenters. The van der Waals surface area contributed by atoms with Crippen molar-refractivity contribution in [2.75, 3.05) is 13.2 Å². The van der Waals surface area contributed by atoms with Crippen molar-refractivity contribution < 1.29 is 24.0 Å². The predicted octanol–water partition coefficient (Wildman–Crippen LogP) is 2.17. The number of imidazole rings is 1. The van der Waals surface area contributed by atoms with Crippen LogP contribution in [0, 0.1) is 10.1 Å². The number of allylic oxidation sites excluding steroid dienone is 1. The molecule has 0 unspecified atom stereocenters. The monoisotopic (exact) mass is 359 g/mol. The number of aromatic nitrogens is 2. The van der Waals surface area contributed by atoms with Crippen LogP contribution in [0.4, 0.5) is 5.82 Å². The lowest BCUT2D eigenvalue weighted by atomic mass is 10.1. The molecule has 0 radical (unpaired) electrons. The Labute approximate surface area is 149 Å². The summed E-state index contributed by atoms with van der Waals surface area (Å²) in [6.45, 7) is 1.68. The SMILES string of the molecule is CC(=O)OCCOc1ccc(C(=O)/C=C/c2ncc([N+](=O)[O-])n2C)cc1. The first-order valence-electron chi connectivity index (χ1n) is 7.63. The van der Waals surface area contributed by atoms with Crippen molar-refractivity contribution in [1.29, 1.82) is 0 Å². The van der Waals surface area contributed by atoms with E-state index in [0.717, 1.165) is 6.20 Å². The molecule has 0 N–H and O–H groups in total. The first kappa shape index (κ1) is 18.8. The highest BCUT2D eigenvalue weighted by atomic mass is 16.6. The smallest absolute Gasteiger partial charge is 0.342 e. The van der Waals surface area contributed by atoms with Crippen molar-refractivity contribution in [3.8, 4) is 5.75 Å². The number of hydrogen-bond acceptors (Lipinski definition) is 7. The van der Waals surface area contributed by atoms with E-state index < -0.39 is 4.92 Å². The number of rotatable bonds is 8. The maximum atomic E-state index is 12.2. The average Bonchev–Trinajstić information content (AvgIpc) is 2.98. The van der Waals surface area contributed by atoms with Gasteiger partial charge >= 0.3 is 11.8 Å². The molecule has 0 spiro atoms. The van der Waals surface area contributed by atoms with Crippen LogP contribution >= 0.6 is 0 Å². The number of ether oxygens (including phenoxy) is 2. The summed E-state index contributed by atoms with van der Waals surface area (Å²) in [5, 5.41) is 10.8. The molecule has 9 heteroatoms. The van der Waals surface area contributed by atoms with Gasteiger partial charge in [0.1, 0.15) is 25.2 Å². The number of nitro groups is 1. The Bertz CT molecular complexity index is 839. The Kier molecular flexibility index (Phi) is 6.20. The molecule has 0 aliphatic rings. The fraction of sp³-hybridized carbons (Fsp3) is 0.235. The van der Waals surface area contributed by atoms with Crippen molar-refractivity contribution in [2.45, 2.75) is 6.92 Å². The van der Waals surface area contributed by atoms with E-state index in [0.29, 0.717) is 17.1 Å². The summed E-state index contributed by atoms with van der Waals surface area (Å²) >= 11 is 0. The number of carbonyl (C=O) groups is 2. The summed E-state index contributed by atoms with van der Waals surface area (Å²) in [6, 6.07) is 6.43. The third-order valence-corrected chi connectivity index (χ3v) is 3.37. The lowest BCUT2D eigenvalue weighted by Gasteiger charge is -2.06. The molecule has 1 heterocycles. The molecule has 2 rings (SSSR count). The topological polar surface area (TPSA) is 114 Å². The van der Waals surface area contributed by atoms with Crippen molar-refractivity contribution in [2.24, 2.45) is 7.05 Å². The zero-order chi connectivity index (χ0) is 19.1. The molecule has 1 aromatic carbocycles. The van der Waals surface area contributed by atoms with Crippen LogP contribution in [0.25, 0.3) is 6.08 Å². The first-order chi connectivity index (χ1) is 12.4. The standard InChI is InChI=1S/C17H17N3O6/c1-12(21)25-9-10-26-14-5-3-13(4-6-14)15(22)7-8-16-18-11-17(19(16)2)20(23)24/h3-8,11H,9-10H2,1-2H3/b8-7+. The molecule has 9 nitrogen and oxygen atoms in total. The highest BCUT2D eigenvalue weighted by Crippen LogP contribution is 2.15. The molecule has 0 aliphatic heterocycles. The van der Waals surface area contributed by atoms with Crippen LogP contribution in [0.1, 0.15) is 23.1 Å². The van der Waals surface area contributed by atoms with Crippen LogP contribution in [-0.4, -0.2) is 39.4 Å². The van der Waals surface area contributed by atoms with E-state index in [1.165, 1.54) is 30.7 Å². The highest BCUT2D eigenvalue weighted by molar-refractivity contribution is 6.06. The third-order valence-electron chi connectivity index (χ3n) is 3.37. The van der Waals surface area contributed by atoms with Crippen LogP contribution in [0.5, 0.6) is 5.75 Å². The molecule has 0 aliphatic carbocycles. The Hall–Kier alpha value is -3.49. The predicted molar refractivity (Wildman–Crippen MR) is 91.8 cm³/mol. The van der Waals surface area contributed by atoms with Gasteiger partial charge in [0, 0.05) is 18.6 Å². The van der Waals surface area contributed by atoms with Gasteiger partial charge in [-0.25, -0.2) is 9.55 Å². The molecule has 0 saturated carbocycles. The second-order valence-corrected chi connectivity index (χ2v) is 5.20. The van der Waals surface area contributed by atoms with Crippen molar-refractivity contribution >= 4 is 23.6 Å². The fourth-order valence-corrected chi connectivity index (χ4v) is 2.05. The first-order valence-corrected chi connectivity index (χ1v) is 7.63. The van der Waals surface area contributed by atoms with Crippen LogP contribution in [0.2, 0.25) is 0 Å². The molecule has 26 heavy (non-hydrogen) atoms. The summed E-state index contributed by atoms with van der Waals surface area (Å²) in [5.74, 6) is 0.0294. The second kappa shape index (κ2) is 8.56. The van der Waals surface area contributed by atoms with Crippen LogP contribution in [0.15, 0.2) is 36.5 Å². The van der Waals surface area contributed by atoms with E-state index in [-0.39, 0.29) is 30.8 Å². The summed E-state index contributed by atoms with van der Waals surface area (Å²) in [4.78, 5) is 36.9. The van der Waals surface area contributed by atoms with Gasteiger partial charge in [-0.1, -0.05) is 0 Å². The van der Waals surface area contributed by atoms with Crippen molar-refractivity contribution in [1.82, 2.24) is 9.55 Å². The zero-order valence-corrected chi connectivity index (χ0v) is 14.2. The van der Waals surface area contributed by atoms with E-state index in [9.17, 15) is 19.7 Å². The van der Waals surface area contributed by atoms with E-state index in [4.69, 9.17) is 9.47 Å². The van der Waals surface area contributed by atoms with E-state index >= 15 is 0 Å². The van der Waals surface area contributed by atoms with Gasteiger partial charge in [-0.05, 0) is 35.3 Å². The minimum Gasteiger partial charge on any atom is -0.490 e. The largest absolute Gasteiger partial charge is 0.490 e. The average molecular weight is 359 g/mol. The van der Waals surface area contributed by atoms with Crippen molar-refractivity contribution in [3.63, 3.8) is 0 Å². The van der Waals surface area contributed by atoms with E-state index in [1.54, 1.807) is 24.3 Å². The molecule has 2 aromatic rings. The normalized spacial score (nSPS) is 10.7.